The molecule has 0 aliphatic carbocycles. The number of nitrogens with zero attached hydrogens (tertiary/aromatic N) is 1. The van der Waals surface area contributed by atoms with Gasteiger partial charge in [-0.05, 0) is 37.3 Å². The number of fused-ring (bicyclic) bond motifs is 1. The molecule has 1 heterocycles. The molecule has 2 rings (SSSR count). The van der Waals surface area contributed by atoms with Gasteiger partial charge in [0.2, 0.25) is 5.91 Å². The van der Waals surface area contributed by atoms with E-state index in [0.717, 1.165) is 38.1 Å². The third-order valence-electron chi connectivity index (χ3n) is 4.12. The van der Waals surface area contributed by atoms with E-state index in [1.54, 1.807) is 6.92 Å². The third-order valence-corrected chi connectivity index (χ3v) is 4.12. The predicted octanol–water partition coefficient (Wildman–Crippen LogP) is 3.81. The Morgan fingerprint density at radius 2 is 1.71 bits per heavy atom. The summed E-state index contributed by atoms with van der Waals surface area (Å²) < 4.78 is 5.92. The Morgan fingerprint density at radius 1 is 1.00 bits per heavy atom. The van der Waals surface area contributed by atoms with Crippen LogP contribution in [-0.4, -0.2) is 30.5 Å². The van der Waals surface area contributed by atoms with Crippen LogP contribution in [0.25, 0.3) is 0 Å². The summed E-state index contributed by atoms with van der Waals surface area (Å²) in [6.07, 6.45) is 8.09. The van der Waals surface area contributed by atoms with Gasteiger partial charge in [0.1, 0.15) is 5.75 Å². The molecule has 0 bridgehead atoms. The monoisotopic (exact) mass is 289 g/mol. The Hall–Kier alpha value is -1.51. The number of hydrogen-bond donors (Lipinski definition) is 0. The number of carbonyl (C=O) groups excluding carboxylic acids is 1. The molecule has 0 unspecified atom stereocenters. The lowest BCUT2D eigenvalue weighted by Crippen LogP contribution is -2.31. The smallest absolute Gasteiger partial charge is 0.219 e. The van der Waals surface area contributed by atoms with Crippen LogP contribution in [0, 0.1) is 0 Å². The zero-order valence-corrected chi connectivity index (χ0v) is 13.1. The molecule has 0 saturated heterocycles. The van der Waals surface area contributed by atoms with Crippen molar-refractivity contribution in [2.24, 2.45) is 0 Å². The molecule has 21 heavy (non-hydrogen) atoms. The third kappa shape index (κ3) is 5.41. The number of carbonyl (C=O) groups is 1. The number of para-hydroxylation sites is 1. The number of amides is 1. The van der Waals surface area contributed by atoms with E-state index in [2.05, 4.69) is 18.2 Å². The van der Waals surface area contributed by atoms with Crippen LogP contribution in [0.2, 0.25) is 0 Å². The van der Waals surface area contributed by atoms with E-state index >= 15 is 0 Å². The van der Waals surface area contributed by atoms with Crippen LogP contribution in [0.15, 0.2) is 24.3 Å². The molecule has 1 aliphatic rings. The largest absolute Gasteiger partial charge is 0.493 e. The second kappa shape index (κ2) is 8.71. The molecule has 116 valence electrons. The molecular formula is C18H27NO2. The lowest BCUT2D eigenvalue weighted by atomic mass is 10.0. The molecular weight excluding hydrogens is 262 g/mol. The van der Waals surface area contributed by atoms with Gasteiger partial charge in [-0.2, -0.15) is 0 Å². The average molecular weight is 289 g/mol. The maximum atomic E-state index is 11.6. The number of benzene rings is 1. The molecule has 1 aromatic rings. The van der Waals surface area contributed by atoms with Crippen LogP contribution < -0.4 is 4.74 Å². The van der Waals surface area contributed by atoms with Gasteiger partial charge < -0.3 is 9.64 Å². The fourth-order valence-electron chi connectivity index (χ4n) is 2.86. The van der Waals surface area contributed by atoms with Gasteiger partial charge in [-0.1, -0.05) is 37.5 Å². The van der Waals surface area contributed by atoms with Gasteiger partial charge >= 0.3 is 0 Å². The van der Waals surface area contributed by atoms with Crippen molar-refractivity contribution in [1.29, 1.82) is 0 Å². The number of ether oxygens (including phenoxy) is 1. The molecule has 3 nitrogen and oxygen atoms in total. The van der Waals surface area contributed by atoms with Gasteiger partial charge in [-0.15, -0.1) is 0 Å². The van der Waals surface area contributed by atoms with Crippen LogP contribution >= 0.6 is 0 Å². The van der Waals surface area contributed by atoms with Gasteiger partial charge in [0, 0.05) is 20.0 Å². The van der Waals surface area contributed by atoms with E-state index in [4.69, 9.17) is 4.74 Å². The highest BCUT2D eigenvalue weighted by molar-refractivity contribution is 5.73. The van der Waals surface area contributed by atoms with Gasteiger partial charge in [0.15, 0.2) is 0 Å². The zero-order chi connectivity index (χ0) is 14.9. The van der Waals surface area contributed by atoms with Crippen molar-refractivity contribution in [3.8, 4) is 5.75 Å². The Labute approximate surface area is 128 Å². The van der Waals surface area contributed by atoms with Crippen molar-refractivity contribution in [1.82, 2.24) is 4.90 Å². The van der Waals surface area contributed by atoms with Crippen LogP contribution in [0.3, 0.4) is 0 Å². The molecule has 0 radical (unpaired) electrons. The van der Waals surface area contributed by atoms with Crippen molar-refractivity contribution in [3.63, 3.8) is 0 Å². The van der Waals surface area contributed by atoms with Crippen LogP contribution in [0.1, 0.15) is 51.0 Å². The highest BCUT2D eigenvalue weighted by Crippen LogP contribution is 2.21. The Bertz CT molecular complexity index is 445. The van der Waals surface area contributed by atoms with E-state index in [-0.39, 0.29) is 5.91 Å². The topological polar surface area (TPSA) is 29.5 Å². The first-order valence-corrected chi connectivity index (χ1v) is 8.23. The van der Waals surface area contributed by atoms with Gasteiger partial charge in [0.25, 0.3) is 0 Å². The van der Waals surface area contributed by atoms with Crippen LogP contribution in [-0.2, 0) is 11.2 Å². The van der Waals surface area contributed by atoms with Gasteiger partial charge in [-0.3, -0.25) is 4.79 Å². The van der Waals surface area contributed by atoms with Crippen LogP contribution in [0.4, 0.5) is 0 Å². The SMILES string of the molecule is CC(=O)N1CCCCCCCc2ccccc2OCCC1. The molecule has 1 aromatic carbocycles. The summed E-state index contributed by atoms with van der Waals surface area (Å²) in [4.78, 5) is 13.6. The summed E-state index contributed by atoms with van der Waals surface area (Å²) in [5, 5.41) is 0. The minimum absolute atomic E-state index is 0.183. The average Bonchev–Trinajstić information content (AvgIpc) is 2.48. The van der Waals surface area contributed by atoms with Crippen molar-refractivity contribution >= 4 is 5.91 Å². The second-order valence-electron chi connectivity index (χ2n) is 5.83. The molecule has 0 spiro atoms. The minimum atomic E-state index is 0.183. The molecule has 0 atom stereocenters. The van der Waals surface area contributed by atoms with Crippen molar-refractivity contribution < 1.29 is 9.53 Å². The van der Waals surface area contributed by atoms with Gasteiger partial charge in [0.05, 0.1) is 6.61 Å². The first-order chi connectivity index (χ1) is 10.3. The molecule has 0 fully saturated rings. The van der Waals surface area contributed by atoms with E-state index in [9.17, 15) is 4.79 Å². The normalized spacial score (nSPS) is 18.2. The van der Waals surface area contributed by atoms with E-state index in [0.29, 0.717) is 6.61 Å². The fourth-order valence-corrected chi connectivity index (χ4v) is 2.86. The molecule has 0 N–H and O–H groups in total. The molecule has 0 aromatic heterocycles. The lowest BCUT2D eigenvalue weighted by Gasteiger charge is -2.21. The summed E-state index contributed by atoms with van der Waals surface area (Å²) in [6, 6.07) is 8.35. The van der Waals surface area contributed by atoms with E-state index in [1.165, 1.54) is 31.2 Å². The molecule has 1 amide bonds. The first kappa shape index (κ1) is 15.9. The number of rotatable bonds is 0. The molecule has 3 heteroatoms. The highest BCUT2D eigenvalue weighted by atomic mass is 16.5. The maximum Gasteiger partial charge on any atom is 0.219 e. The summed E-state index contributed by atoms with van der Waals surface area (Å²) in [5.41, 5.74) is 1.32. The van der Waals surface area contributed by atoms with Crippen molar-refractivity contribution in [2.75, 3.05) is 19.7 Å². The van der Waals surface area contributed by atoms with E-state index in [1.807, 2.05) is 11.0 Å². The second-order valence-corrected chi connectivity index (χ2v) is 5.83. The van der Waals surface area contributed by atoms with Crippen molar-refractivity contribution in [3.05, 3.63) is 29.8 Å². The van der Waals surface area contributed by atoms with Crippen LogP contribution in [0.5, 0.6) is 5.75 Å². The Balaban J connectivity index is 1.96. The Kier molecular flexibility index (Phi) is 6.58. The number of aryl methyl sites for hydroxylation is 1. The van der Waals surface area contributed by atoms with Gasteiger partial charge in [-0.25, -0.2) is 0 Å². The maximum absolute atomic E-state index is 11.6. The van der Waals surface area contributed by atoms with Crippen molar-refractivity contribution in [2.45, 2.75) is 51.9 Å². The standard InChI is InChI=1S/C18H27NO2/c1-16(20)19-13-8-4-2-3-5-10-17-11-6-7-12-18(17)21-15-9-14-19/h6-7,11-12H,2-5,8-10,13-15H2,1H3. The Morgan fingerprint density at radius 3 is 2.57 bits per heavy atom. The van der Waals surface area contributed by atoms with E-state index < -0.39 is 0 Å². The quantitative estimate of drug-likeness (QED) is 0.727. The summed E-state index contributed by atoms with van der Waals surface area (Å²) in [7, 11) is 0. The molecule has 0 saturated carbocycles. The summed E-state index contributed by atoms with van der Waals surface area (Å²) in [6.45, 7) is 4.05. The summed E-state index contributed by atoms with van der Waals surface area (Å²) >= 11 is 0. The lowest BCUT2D eigenvalue weighted by molar-refractivity contribution is -0.129. The predicted molar refractivity (Wildman–Crippen MR) is 85.6 cm³/mol. The first-order valence-electron chi connectivity index (χ1n) is 8.23. The fraction of sp³-hybridized carbons (Fsp3) is 0.611. The molecule has 1 aliphatic heterocycles. The minimum Gasteiger partial charge on any atom is -0.493 e. The highest BCUT2D eigenvalue weighted by Gasteiger charge is 2.09. The zero-order valence-electron chi connectivity index (χ0n) is 13.1. The number of hydrogen-bond acceptors (Lipinski definition) is 2. The summed E-state index contributed by atoms with van der Waals surface area (Å²) in [5.74, 6) is 1.20.